The van der Waals surface area contributed by atoms with Crippen LogP contribution in [0.2, 0.25) is 5.02 Å². The highest BCUT2D eigenvalue weighted by Crippen LogP contribution is 2.33. The van der Waals surface area contributed by atoms with Crippen molar-refractivity contribution in [1.29, 1.82) is 0 Å². The lowest BCUT2D eigenvalue weighted by Gasteiger charge is -2.23. The van der Waals surface area contributed by atoms with Crippen LogP contribution in [0.4, 0.5) is 5.69 Å². The number of unbranched alkanes of at least 4 members (excludes halogenated alkanes) is 2. The van der Waals surface area contributed by atoms with Gasteiger partial charge in [0, 0.05) is 61.0 Å². The van der Waals surface area contributed by atoms with Crippen LogP contribution in [-0.4, -0.2) is 63.7 Å². The molecule has 3 heterocycles. The Morgan fingerprint density at radius 1 is 0.898 bits per heavy atom. The molecule has 1 fully saturated rings. The van der Waals surface area contributed by atoms with Crippen molar-refractivity contribution in [3.05, 3.63) is 69.0 Å². The molecule has 1 aromatic heterocycles. The van der Waals surface area contributed by atoms with Crippen LogP contribution in [-0.2, 0) is 30.4 Å². The molecule has 0 bridgehead atoms. The number of halogens is 1. The molecule has 5 rings (SSSR count). The zero-order valence-electron chi connectivity index (χ0n) is 26.7. The number of anilines is 1. The Morgan fingerprint density at radius 3 is 2.51 bits per heavy atom. The van der Waals surface area contributed by atoms with Crippen LogP contribution >= 0.6 is 22.9 Å². The SMILES string of the molecule is O=C(CCCCCNC(=O)CCc1nc(-c2ccccc2Cl)cs1)CCC(=O)Nc1cccc2c1C(=O)N([C@H]1CCCC(=O)NC1=O)C2=O. The molecule has 3 N–H and O–H groups in total. The monoisotopic (exact) mass is 705 g/mol. The van der Waals surface area contributed by atoms with Crippen molar-refractivity contribution in [2.24, 2.45) is 0 Å². The maximum atomic E-state index is 13.3. The van der Waals surface area contributed by atoms with Gasteiger partial charge < -0.3 is 10.6 Å². The highest BCUT2D eigenvalue weighted by molar-refractivity contribution is 7.10. The quantitative estimate of drug-likeness (QED) is 0.149. The third-order valence-electron chi connectivity index (χ3n) is 8.33. The molecule has 1 saturated heterocycles. The van der Waals surface area contributed by atoms with Crippen molar-refractivity contribution in [2.75, 3.05) is 11.9 Å². The average molecular weight is 706 g/mol. The minimum Gasteiger partial charge on any atom is -0.356 e. The normalized spacial score (nSPS) is 15.9. The number of hydrogen-bond acceptors (Lipinski definition) is 9. The number of aromatic nitrogens is 1. The molecule has 6 amide bonds. The average Bonchev–Trinajstić information content (AvgIpc) is 3.60. The Bertz CT molecular complexity index is 1790. The molecule has 1 atom stereocenters. The largest absolute Gasteiger partial charge is 0.356 e. The van der Waals surface area contributed by atoms with Crippen molar-refractivity contribution in [3.63, 3.8) is 0 Å². The number of Topliss-reactive ketones (excluding diaryl/α,β-unsaturated/α-hetero) is 1. The van der Waals surface area contributed by atoms with E-state index in [2.05, 4.69) is 20.9 Å². The number of thiazole rings is 1. The summed E-state index contributed by atoms with van der Waals surface area (Å²) >= 11 is 7.74. The predicted octanol–water partition coefficient (Wildman–Crippen LogP) is 4.85. The summed E-state index contributed by atoms with van der Waals surface area (Å²) in [6.45, 7) is 0.502. The summed E-state index contributed by atoms with van der Waals surface area (Å²) in [6, 6.07) is 10.8. The van der Waals surface area contributed by atoms with Gasteiger partial charge >= 0.3 is 0 Å². The van der Waals surface area contributed by atoms with Crippen molar-refractivity contribution in [3.8, 4) is 11.3 Å². The lowest BCUT2D eigenvalue weighted by atomic mass is 10.1. The van der Waals surface area contributed by atoms with Gasteiger partial charge in [0.15, 0.2) is 0 Å². The Morgan fingerprint density at radius 2 is 1.69 bits per heavy atom. The number of hydrogen-bond donors (Lipinski definition) is 3. The van der Waals surface area contributed by atoms with Gasteiger partial charge in [-0.3, -0.25) is 43.8 Å². The van der Waals surface area contributed by atoms with Crippen LogP contribution in [0.1, 0.15) is 89.9 Å². The Hall–Kier alpha value is -4.75. The van der Waals surface area contributed by atoms with Crippen molar-refractivity contribution >= 4 is 69.9 Å². The first-order valence-corrected chi connectivity index (χ1v) is 17.5. The first-order valence-electron chi connectivity index (χ1n) is 16.2. The van der Waals surface area contributed by atoms with Gasteiger partial charge in [-0.2, -0.15) is 0 Å². The first kappa shape index (κ1) is 35.6. The van der Waals surface area contributed by atoms with Gasteiger partial charge in [-0.05, 0) is 43.9 Å². The summed E-state index contributed by atoms with van der Waals surface area (Å²) in [5.74, 6) is -3.19. The van der Waals surface area contributed by atoms with Gasteiger partial charge in [-0.15, -0.1) is 11.3 Å². The fourth-order valence-corrected chi connectivity index (χ4v) is 6.81. The summed E-state index contributed by atoms with van der Waals surface area (Å²) in [5.41, 5.74) is 1.82. The summed E-state index contributed by atoms with van der Waals surface area (Å²) in [5, 5.41) is 11.2. The Kier molecular flexibility index (Phi) is 12.0. The number of carbonyl (C=O) groups is 7. The van der Waals surface area contributed by atoms with Crippen LogP contribution < -0.4 is 16.0 Å². The van der Waals surface area contributed by atoms with Gasteiger partial charge in [-0.1, -0.05) is 42.3 Å². The molecule has 2 aromatic carbocycles. The second-order valence-electron chi connectivity index (χ2n) is 11.9. The second kappa shape index (κ2) is 16.6. The van der Waals surface area contributed by atoms with Gasteiger partial charge in [0.05, 0.1) is 27.5 Å². The van der Waals surface area contributed by atoms with E-state index in [1.54, 1.807) is 0 Å². The summed E-state index contributed by atoms with van der Waals surface area (Å²) in [7, 11) is 0. The van der Waals surface area contributed by atoms with E-state index in [1.807, 2.05) is 29.6 Å². The standard InChI is InChI=1S/C35H36ClN5O7S/c36-24-11-4-3-9-22(24)26-20-49-31(39-26)18-17-28(43)37-19-5-1-2-8-21(42)15-16-30(45)38-25-12-6-10-23-32(25)35(48)41(34(23)47)27-13-7-14-29(44)40-33(27)46/h3-4,6,9-12,20,27H,1-2,5,7-8,13-19H2,(H,37,43)(H,38,45)(H,40,44,46)/t27-/m0/s1. The maximum Gasteiger partial charge on any atom is 0.264 e. The summed E-state index contributed by atoms with van der Waals surface area (Å²) in [6.07, 6.45) is 3.76. The number of nitrogens with one attached hydrogen (secondary N) is 3. The van der Waals surface area contributed by atoms with E-state index in [1.165, 1.54) is 29.5 Å². The molecule has 3 aromatic rings. The molecular formula is C35H36ClN5O7S. The van der Waals surface area contributed by atoms with Gasteiger partial charge in [0.2, 0.25) is 23.6 Å². The number of nitrogens with zero attached hydrogens (tertiary/aromatic N) is 2. The number of fused-ring (bicyclic) bond motifs is 1. The Labute approximate surface area is 292 Å². The van der Waals surface area contributed by atoms with Crippen LogP contribution in [0.15, 0.2) is 47.8 Å². The molecule has 2 aliphatic rings. The maximum absolute atomic E-state index is 13.3. The lowest BCUT2D eigenvalue weighted by molar-refractivity contribution is -0.131. The van der Waals surface area contributed by atoms with Crippen LogP contribution in [0.25, 0.3) is 11.3 Å². The minimum atomic E-state index is -1.12. The smallest absolute Gasteiger partial charge is 0.264 e. The number of imide groups is 2. The van der Waals surface area contributed by atoms with E-state index < -0.39 is 35.6 Å². The zero-order valence-corrected chi connectivity index (χ0v) is 28.3. The van der Waals surface area contributed by atoms with Crippen LogP contribution in [0, 0.1) is 0 Å². The summed E-state index contributed by atoms with van der Waals surface area (Å²) < 4.78 is 0. The number of rotatable bonds is 15. The third kappa shape index (κ3) is 9.04. The molecule has 0 spiro atoms. The number of aryl methyl sites for hydroxylation is 1. The molecule has 0 aliphatic carbocycles. The second-order valence-corrected chi connectivity index (χ2v) is 13.2. The molecule has 256 valence electrons. The van der Waals surface area contributed by atoms with Crippen molar-refractivity contribution in [1.82, 2.24) is 20.5 Å². The topological polar surface area (TPSA) is 172 Å². The highest BCUT2D eigenvalue weighted by Gasteiger charge is 2.45. The molecule has 0 unspecified atom stereocenters. The number of benzene rings is 2. The van der Waals surface area contributed by atoms with Gasteiger partial charge in [-0.25, -0.2) is 4.98 Å². The van der Waals surface area contributed by atoms with Gasteiger partial charge in [0.1, 0.15) is 11.8 Å². The number of amides is 6. The fourth-order valence-electron chi connectivity index (χ4n) is 5.78. The van der Waals surface area contributed by atoms with E-state index in [0.717, 1.165) is 34.0 Å². The lowest BCUT2D eigenvalue weighted by Crippen LogP contribution is -2.49. The molecule has 2 aliphatic heterocycles. The van der Waals surface area contributed by atoms with Crippen LogP contribution in [0.3, 0.4) is 0 Å². The zero-order chi connectivity index (χ0) is 34.9. The van der Waals surface area contributed by atoms with E-state index >= 15 is 0 Å². The fraction of sp³-hybridized carbons (Fsp3) is 0.371. The van der Waals surface area contributed by atoms with Crippen LogP contribution in [0.5, 0.6) is 0 Å². The van der Waals surface area contributed by atoms with Crippen molar-refractivity contribution < 1.29 is 33.6 Å². The van der Waals surface area contributed by atoms with E-state index in [-0.39, 0.29) is 54.2 Å². The summed E-state index contributed by atoms with van der Waals surface area (Å²) in [4.78, 5) is 93.5. The predicted molar refractivity (Wildman–Crippen MR) is 183 cm³/mol. The third-order valence-corrected chi connectivity index (χ3v) is 9.57. The van der Waals surface area contributed by atoms with E-state index in [9.17, 15) is 33.6 Å². The molecular weight excluding hydrogens is 670 g/mol. The molecule has 0 radical (unpaired) electrons. The van der Waals surface area contributed by atoms with E-state index in [0.29, 0.717) is 43.7 Å². The van der Waals surface area contributed by atoms with Crippen molar-refractivity contribution in [2.45, 2.75) is 76.7 Å². The molecule has 14 heteroatoms. The Balaban J connectivity index is 0.976. The molecule has 0 saturated carbocycles. The number of ketones is 1. The number of carbonyl (C=O) groups excluding carboxylic acids is 7. The molecule has 49 heavy (non-hydrogen) atoms. The van der Waals surface area contributed by atoms with E-state index in [4.69, 9.17) is 11.6 Å². The highest BCUT2D eigenvalue weighted by atomic mass is 35.5. The minimum absolute atomic E-state index is 0.0157. The van der Waals surface area contributed by atoms with Gasteiger partial charge in [0.25, 0.3) is 11.8 Å². The molecule has 12 nitrogen and oxygen atoms in total. The first-order chi connectivity index (χ1) is 23.6.